The number of ether oxygens (including phenoxy) is 1. The summed E-state index contributed by atoms with van der Waals surface area (Å²) in [6.07, 6.45) is 3.23. The predicted molar refractivity (Wildman–Crippen MR) is 101 cm³/mol. The van der Waals surface area contributed by atoms with E-state index >= 15 is 0 Å². The molecule has 4 rings (SSSR count). The number of hydrogen-bond donors (Lipinski definition) is 1. The number of rotatable bonds is 4. The molecule has 8 nitrogen and oxygen atoms in total. The van der Waals surface area contributed by atoms with Gasteiger partial charge in [0.1, 0.15) is 5.82 Å². The van der Waals surface area contributed by atoms with Crippen LogP contribution in [0.1, 0.15) is 6.42 Å². The number of nitrogens with zero attached hydrogens (tertiary/aromatic N) is 4. The molecule has 0 radical (unpaired) electrons. The lowest BCUT2D eigenvalue weighted by molar-refractivity contribution is -0.122. The van der Waals surface area contributed by atoms with Crippen molar-refractivity contribution in [1.82, 2.24) is 9.97 Å². The van der Waals surface area contributed by atoms with Crippen molar-refractivity contribution in [1.29, 1.82) is 0 Å². The van der Waals surface area contributed by atoms with Gasteiger partial charge in [-0.15, -0.1) is 0 Å². The third kappa shape index (κ3) is 3.94. The van der Waals surface area contributed by atoms with E-state index in [2.05, 4.69) is 15.3 Å². The Hall–Kier alpha value is -3.07. The lowest BCUT2D eigenvalue weighted by atomic mass is 10.1. The molecule has 1 N–H and O–H groups in total. The van der Waals surface area contributed by atoms with Crippen LogP contribution in [0.3, 0.4) is 0 Å². The van der Waals surface area contributed by atoms with Gasteiger partial charge in [-0.1, -0.05) is 0 Å². The first-order valence-electron chi connectivity index (χ1n) is 9.12. The summed E-state index contributed by atoms with van der Waals surface area (Å²) in [6, 6.07) is 5.66. The van der Waals surface area contributed by atoms with Crippen LogP contribution in [0.4, 0.5) is 21.7 Å². The van der Waals surface area contributed by atoms with E-state index in [-0.39, 0.29) is 30.6 Å². The van der Waals surface area contributed by atoms with Gasteiger partial charge in [-0.3, -0.25) is 9.59 Å². The van der Waals surface area contributed by atoms with Crippen molar-refractivity contribution in [3.63, 3.8) is 0 Å². The van der Waals surface area contributed by atoms with Gasteiger partial charge in [-0.05, 0) is 24.3 Å². The minimum atomic E-state index is -0.489. The number of morpholine rings is 1. The van der Waals surface area contributed by atoms with Gasteiger partial charge < -0.3 is 19.9 Å². The zero-order valence-corrected chi connectivity index (χ0v) is 15.2. The number of hydrogen-bond acceptors (Lipinski definition) is 6. The molecule has 0 bridgehead atoms. The molecule has 2 fully saturated rings. The molecule has 3 heterocycles. The van der Waals surface area contributed by atoms with Crippen LogP contribution < -0.4 is 15.1 Å². The van der Waals surface area contributed by atoms with Crippen LogP contribution in [0, 0.1) is 11.7 Å². The maximum Gasteiger partial charge on any atom is 0.229 e. The van der Waals surface area contributed by atoms with Gasteiger partial charge in [0, 0.05) is 31.7 Å². The van der Waals surface area contributed by atoms with E-state index in [4.69, 9.17) is 4.74 Å². The van der Waals surface area contributed by atoms with Crippen molar-refractivity contribution in [2.45, 2.75) is 6.42 Å². The summed E-state index contributed by atoms with van der Waals surface area (Å²) in [5.41, 5.74) is 1.06. The van der Waals surface area contributed by atoms with Crippen LogP contribution in [-0.2, 0) is 14.3 Å². The molecule has 28 heavy (non-hydrogen) atoms. The molecule has 0 saturated carbocycles. The van der Waals surface area contributed by atoms with Gasteiger partial charge in [0.25, 0.3) is 0 Å². The second-order valence-electron chi connectivity index (χ2n) is 6.74. The van der Waals surface area contributed by atoms with Crippen molar-refractivity contribution in [3.05, 3.63) is 42.5 Å². The van der Waals surface area contributed by atoms with Crippen LogP contribution in [-0.4, -0.2) is 54.6 Å². The lowest BCUT2D eigenvalue weighted by Crippen LogP contribution is -2.37. The Bertz CT molecular complexity index is 853. The Balaban J connectivity index is 1.37. The molecular weight excluding hydrogens is 365 g/mol. The fraction of sp³-hybridized carbons (Fsp3) is 0.368. The highest BCUT2D eigenvalue weighted by Crippen LogP contribution is 2.26. The normalized spacial score (nSPS) is 19.8. The molecule has 2 saturated heterocycles. The van der Waals surface area contributed by atoms with E-state index < -0.39 is 5.92 Å². The Kier molecular flexibility index (Phi) is 5.16. The molecule has 146 valence electrons. The van der Waals surface area contributed by atoms with Crippen molar-refractivity contribution < 1.29 is 18.7 Å². The molecule has 2 aromatic rings. The zero-order valence-electron chi connectivity index (χ0n) is 15.2. The Labute approximate surface area is 161 Å². The molecule has 2 aliphatic heterocycles. The topological polar surface area (TPSA) is 87.7 Å². The minimum absolute atomic E-state index is 0.107. The zero-order chi connectivity index (χ0) is 19.5. The third-order valence-electron chi connectivity index (χ3n) is 4.83. The first kappa shape index (κ1) is 18.3. The second-order valence-corrected chi connectivity index (χ2v) is 6.74. The lowest BCUT2D eigenvalue weighted by Gasteiger charge is -2.26. The fourth-order valence-corrected chi connectivity index (χ4v) is 3.31. The third-order valence-corrected chi connectivity index (χ3v) is 4.83. The highest BCUT2D eigenvalue weighted by molar-refractivity contribution is 6.03. The van der Waals surface area contributed by atoms with Gasteiger partial charge >= 0.3 is 0 Å². The second kappa shape index (κ2) is 7.89. The summed E-state index contributed by atoms with van der Waals surface area (Å²) in [6.45, 7) is 3.00. The number of halogens is 1. The summed E-state index contributed by atoms with van der Waals surface area (Å²) >= 11 is 0. The number of benzene rings is 1. The highest BCUT2D eigenvalue weighted by atomic mass is 19.1. The minimum Gasteiger partial charge on any atom is -0.378 e. The van der Waals surface area contributed by atoms with E-state index in [0.717, 1.165) is 13.1 Å². The van der Waals surface area contributed by atoms with Crippen molar-refractivity contribution in [2.24, 2.45) is 5.92 Å². The standard InChI is InChI=1S/C19H20FN5O3/c20-14-1-3-16(4-2-14)25-12-13(9-17(25)26)18(27)23-15-10-21-19(22-11-15)24-5-7-28-8-6-24/h1-4,10-11,13H,5-9,12H2,(H,23,27). The Morgan fingerprint density at radius 1 is 1.14 bits per heavy atom. The van der Waals surface area contributed by atoms with Crippen LogP contribution in [0.25, 0.3) is 0 Å². The maximum absolute atomic E-state index is 13.1. The highest BCUT2D eigenvalue weighted by Gasteiger charge is 2.35. The summed E-state index contributed by atoms with van der Waals surface area (Å²) in [5.74, 6) is -0.687. The molecule has 0 aliphatic carbocycles. The van der Waals surface area contributed by atoms with Crippen LogP contribution >= 0.6 is 0 Å². The van der Waals surface area contributed by atoms with Crippen LogP contribution in [0.15, 0.2) is 36.7 Å². The summed E-state index contributed by atoms with van der Waals surface area (Å²) in [5, 5.41) is 2.77. The molecule has 0 spiro atoms. The largest absolute Gasteiger partial charge is 0.378 e. The Morgan fingerprint density at radius 3 is 2.50 bits per heavy atom. The number of amides is 2. The molecule has 2 aliphatic rings. The van der Waals surface area contributed by atoms with E-state index in [1.165, 1.54) is 29.2 Å². The number of aromatic nitrogens is 2. The molecule has 1 aromatic heterocycles. The molecular formula is C19H20FN5O3. The number of nitrogens with one attached hydrogen (secondary N) is 1. The van der Waals surface area contributed by atoms with E-state index in [9.17, 15) is 14.0 Å². The smallest absolute Gasteiger partial charge is 0.229 e. The Morgan fingerprint density at radius 2 is 1.82 bits per heavy atom. The summed E-state index contributed by atoms with van der Waals surface area (Å²) < 4.78 is 18.4. The molecule has 1 unspecified atom stereocenters. The molecule has 9 heteroatoms. The molecule has 2 amide bonds. The first-order valence-corrected chi connectivity index (χ1v) is 9.12. The average molecular weight is 385 g/mol. The fourth-order valence-electron chi connectivity index (χ4n) is 3.31. The number of anilines is 3. The van der Waals surface area contributed by atoms with E-state index in [0.29, 0.717) is 30.5 Å². The van der Waals surface area contributed by atoms with Gasteiger partial charge in [-0.25, -0.2) is 14.4 Å². The summed E-state index contributed by atoms with van der Waals surface area (Å²) in [7, 11) is 0. The monoisotopic (exact) mass is 385 g/mol. The van der Waals surface area contributed by atoms with Gasteiger partial charge in [-0.2, -0.15) is 0 Å². The van der Waals surface area contributed by atoms with Gasteiger partial charge in [0.15, 0.2) is 0 Å². The van der Waals surface area contributed by atoms with Crippen molar-refractivity contribution >= 4 is 29.1 Å². The maximum atomic E-state index is 13.1. The number of carbonyl (C=O) groups is 2. The molecule has 1 aromatic carbocycles. The number of carbonyl (C=O) groups excluding carboxylic acids is 2. The summed E-state index contributed by atoms with van der Waals surface area (Å²) in [4.78, 5) is 36.9. The van der Waals surface area contributed by atoms with Gasteiger partial charge in [0.2, 0.25) is 17.8 Å². The molecule has 1 atom stereocenters. The SMILES string of the molecule is O=C(Nc1cnc(N2CCOCC2)nc1)C1CC(=O)N(c2ccc(F)cc2)C1. The van der Waals surface area contributed by atoms with Crippen molar-refractivity contribution in [2.75, 3.05) is 48.0 Å². The van der Waals surface area contributed by atoms with E-state index in [1.54, 1.807) is 12.4 Å². The van der Waals surface area contributed by atoms with Crippen LogP contribution in [0.2, 0.25) is 0 Å². The van der Waals surface area contributed by atoms with E-state index in [1.807, 2.05) is 4.90 Å². The van der Waals surface area contributed by atoms with Gasteiger partial charge in [0.05, 0.1) is 37.2 Å². The quantitative estimate of drug-likeness (QED) is 0.857. The average Bonchev–Trinajstić information content (AvgIpc) is 3.12. The predicted octanol–water partition coefficient (Wildman–Crippen LogP) is 1.44. The van der Waals surface area contributed by atoms with Crippen LogP contribution in [0.5, 0.6) is 0 Å². The first-order chi connectivity index (χ1) is 13.6. The van der Waals surface area contributed by atoms with Crippen molar-refractivity contribution in [3.8, 4) is 0 Å².